The Bertz CT molecular complexity index is 658. The van der Waals surface area contributed by atoms with E-state index in [9.17, 15) is 0 Å². The minimum Gasteiger partial charge on any atom is -0.385 e. The van der Waals surface area contributed by atoms with Crippen LogP contribution in [-0.4, -0.2) is 47.5 Å². The van der Waals surface area contributed by atoms with Crippen LogP contribution in [0.5, 0.6) is 0 Å². The Kier molecular flexibility index (Phi) is 10.7. The van der Waals surface area contributed by atoms with E-state index in [0.717, 1.165) is 43.7 Å². The highest BCUT2D eigenvalue weighted by Crippen LogP contribution is 2.19. The van der Waals surface area contributed by atoms with E-state index >= 15 is 0 Å². The second kappa shape index (κ2) is 12.2. The molecule has 0 amide bonds. The molecular weight excluding hydrogens is 463 g/mol. The maximum Gasteiger partial charge on any atom is 0.191 e. The van der Waals surface area contributed by atoms with Crippen LogP contribution in [-0.2, 0) is 18.3 Å². The molecule has 0 bridgehead atoms. The number of halogens is 1. The Balaban J connectivity index is 0.00000338. The summed E-state index contributed by atoms with van der Waals surface area (Å²) < 4.78 is 7.06. The average Bonchev–Trinajstić information content (AvgIpc) is 3.25. The SMILES string of the molecule is COCCCNC(=NCc1nnc(C)n1C)NCC(C)c1cccs1.I. The van der Waals surface area contributed by atoms with Crippen molar-refractivity contribution >= 4 is 41.3 Å². The molecule has 7 nitrogen and oxygen atoms in total. The third-order valence-electron chi connectivity index (χ3n) is 3.98. The van der Waals surface area contributed by atoms with E-state index in [1.165, 1.54) is 4.88 Å². The van der Waals surface area contributed by atoms with Gasteiger partial charge in [0.05, 0.1) is 0 Å². The first-order chi connectivity index (χ1) is 12.1. The second-order valence-corrected chi connectivity index (χ2v) is 6.94. The fourth-order valence-electron chi connectivity index (χ4n) is 2.26. The summed E-state index contributed by atoms with van der Waals surface area (Å²) >= 11 is 1.78. The van der Waals surface area contributed by atoms with Crippen LogP contribution in [0.25, 0.3) is 0 Å². The molecule has 0 aliphatic rings. The van der Waals surface area contributed by atoms with Crippen LogP contribution in [0.15, 0.2) is 22.5 Å². The quantitative estimate of drug-likeness (QED) is 0.244. The maximum absolute atomic E-state index is 5.10. The number of nitrogens with one attached hydrogen (secondary N) is 2. The van der Waals surface area contributed by atoms with E-state index in [1.54, 1.807) is 18.4 Å². The summed E-state index contributed by atoms with van der Waals surface area (Å²) in [5.74, 6) is 2.96. The molecule has 2 aromatic rings. The normalized spacial score (nSPS) is 12.5. The van der Waals surface area contributed by atoms with Crippen molar-refractivity contribution in [1.29, 1.82) is 0 Å². The van der Waals surface area contributed by atoms with Crippen molar-refractivity contribution in [3.63, 3.8) is 0 Å². The summed E-state index contributed by atoms with van der Waals surface area (Å²) in [5.41, 5.74) is 0. The molecule has 0 aliphatic carbocycles. The largest absolute Gasteiger partial charge is 0.385 e. The molecule has 0 aliphatic heterocycles. The number of nitrogens with zero attached hydrogens (tertiary/aromatic N) is 4. The molecule has 26 heavy (non-hydrogen) atoms. The average molecular weight is 492 g/mol. The first-order valence-electron chi connectivity index (χ1n) is 8.51. The number of aryl methyl sites for hydroxylation is 1. The summed E-state index contributed by atoms with van der Waals surface area (Å²) in [4.78, 5) is 6.02. The molecule has 0 saturated carbocycles. The Hall–Kier alpha value is -1.20. The highest BCUT2D eigenvalue weighted by atomic mass is 127. The number of rotatable bonds is 9. The van der Waals surface area contributed by atoms with Crippen LogP contribution in [0.3, 0.4) is 0 Å². The first-order valence-corrected chi connectivity index (χ1v) is 9.39. The molecule has 0 spiro atoms. The van der Waals surface area contributed by atoms with Gasteiger partial charge in [-0.05, 0) is 24.8 Å². The smallest absolute Gasteiger partial charge is 0.191 e. The molecule has 0 aromatic carbocycles. The van der Waals surface area contributed by atoms with Gasteiger partial charge in [0.2, 0.25) is 0 Å². The zero-order valence-electron chi connectivity index (χ0n) is 15.9. The summed E-state index contributed by atoms with van der Waals surface area (Å²) in [7, 11) is 3.67. The van der Waals surface area contributed by atoms with Crippen LogP contribution in [0.4, 0.5) is 0 Å². The lowest BCUT2D eigenvalue weighted by atomic mass is 10.1. The zero-order chi connectivity index (χ0) is 18.1. The highest BCUT2D eigenvalue weighted by molar-refractivity contribution is 14.0. The van der Waals surface area contributed by atoms with Crippen molar-refractivity contribution in [3.8, 4) is 0 Å². The molecule has 0 saturated heterocycles. The second-order valence-electron chi connectivity index (χ2n) is 5.96. The van der Waals surface area contributed by atoms with Gasteiger partial charge < -0.3 is 19.9 Å². The molecule has 146 valence electrons. The summed E-state index contributed by atoms with van der Waals surface area (Å²) in [5, 5.41) is 17.1. The third kappa shape index (κ3) is 7.20. The Labute approximate surface area is 176 Å². The van der Waals surface area contributed by atoms with E-state index in [2.05, 4.69) is 50.3 Å². The van der Waals surface area contributed by atoms with E-state index < -0.39 is 0 Å². The number of hydrogen-bond donors (Lipinski definition) is 2. The minimum absolute atomic E-state index is 0. The van der Waals surface area contributed by atoms with E-state index in [1.807, 2.05) is 18.5 Å². The number of thiophene rings is 1. The zero-order valence-corrected chi connectivity index (χ0v) is 19.0. The van der Waals surface area contributed by atoms with E-state index in [0.29, 0.717) is 12.5 Å². The van der Waals surface area contributed by atoms with Gasteiger partial charge in [0.25, 0.3) is 0 Å². The fraction of sp³-hybridized carbons (Fsp3) is 0.588. The topological polar surface area (TPSA) is 76.4 Å². The molecule has 2 heterocycles. The molecule has 9 heteroatoms. The molecule has 1 unspecified atom stereocenters. The standard InChI is InChI=1S/C17H28N6OS.HI/c1-13(15-7-5-10-25-15)11-19-17(18-8-6-9-24-4)20-12-16-22-21-14(2)23(16)3;/h5,7,10,13H,6,8-9,11-12H2,1-4H3,(H2,18,19,20);1H. The van der Waals surface area contributed by atoms with Gasteiger partial charge in [-0.2, -0.15) is 0 Å². The lowest BCUT2D eigenvalue weighted by Crippen LogP contribution is -2.39. The minimum atomic E-state index is 0. The van der Waals surface area contributed by atoms with Crippen molar-refractivity contribution in [1.82, 2.24) is 25.4 Å². The molecule has 0 fully saturated rings. The fourth-order valence-corrected chi connectivity index (χ4v) is 3.05. The summed E-state index contributed by atoms with van der Waals surface area (Å²) in [6.45, 7) is 7.01. The number of ether oxygens (including phenoxy) is 1. The summed E-state index contributed by atoms with van der Waals surface area (Å²) in [6, 6.07) is 4.26. The third-order valence-corrected chi connectivity index (χ3v) is 5.09. The Morgan fingerprint density at radius 2 is 2.19 bits per heavy atom. The Morgan fingerprint density at radius 1 is 1.38 bits per heavy atom. The van der Waals surface area contributed by atoms with E-state index in [4.69, 9.17) is 4.74 Å². The van der Waals surface area contributed by atoms with Crippen LogP contribution in [0.2, 0.25) is 0 Å². The predicted octanol–water partition coefficient (Wildman–Crippen LogP) is 2.68. The molecule has 1 atom stereocenters. The highest BCUT2D eigenvalue weighted by Gasteiger charge is 2.09. The molecular formula is C17H29IN6OS. The van der Waals surface area contributed by atoms with Crippen LogP contribution in [0, 0.1) is 6.92 Å². The number of aromatic nitrogens is 3. The molecule has 2 aromatic heterocycles. The van der Waals surface area contributed by atoms with Gasteiger partial charge in [-0.25, -0.2) is 4.99 Å². The summed E-state index contributed by atoms with van der Waals surface area (Å²) in [6.07, 6.45) is 0.931. The van der Waals surface area contributed by atoms with Gasteiger partial charge in [0, 0.05) is 44.6 Å². The van der Waals surface area contributed by atoms with Crippen LogP contribution >= 0.6 is 35.3 Å². The van der Waals surface area contributed by atoms with Gasteiger partial charge in [0.1, 0.15) is 12.4 Å². The Morgan fingerprint density at radius 3 is 2.81 bits per heavy atom. The van der Waals surface area contributed by atoms with Gasteiger partial charge in [0.15, 0.2) is 11.8 Å². The van der Waals surface area contributed by atoms with Crippen molar-refractivity contribution in [2.75, 3.05) is 26.8 Å². The van der Waals surface area contributed by atoms with Gasteiger partial charge in [-0.15, -0.1) is 45.5 Å². The van der Waals surface area contributed by atoms with Crippen molar-refractivity contribution in [3.05, 3.63) is 34.0 Å². The monoisotopic (exact) mass is 492 g/mol. The number of guanidine groups is 1. The lowest BCUT2D eigenvalue weighted by molar-refractivity contribution is 0.195. The van der Waals surface area contributed by atoms with Gasteiger partial charge >= 0.3 is 0 Å². The maximum atomic E-state index is 5.10. The predicted molar refractivity (Wildman–Crippen MR) is 118 cm³/mol. The van der Waals surface area contributed by atoms with Gasteiger partial charge in [-0.3, -0.25) is 0 Å². The van der Waals surface area contributed by atoms with Crippen LogP contribution < -0.4 is 10.6 Å². The van der Waals surface area contributed by atoms with Gasteiger partial charge in [-0.1, -0.05) is 13.0 Å². The van der Waals surface area contributed by atoms with Crippen molar-refractivity contribution < 1.29 is 4.74 Å². The lowest BCUT2D eigenvalue weighted by Gasteiger charge is -2.15. The molecule has 2 N–H and O–H groups in total. The molecule has 0 radical (unpaired) electrons. The van der Waals surface area contributed by atoms with E-state index in [-0.39, 0.29) is 24.0 Å². The number of methoxy groups -OCH3 is 1. The first kappa shape index (κ1) is 22.8. The van der Waals surface area contributed by atoms with Crippen molar-refractivity contribution in [2.24, 2.45) is 12.0 Å². The number of hydrogen-bond acceptors (Lipinski definition) is 5. The van der Waals surface area contributed by atoms with Crippen molar-refractivity contribution in [2.45, 2.75) is 32.7 Å². The number of aliphatic imine (C=N–C) groups is 1. The van der Waals surface area contributed by atoms with Crippen LogP contribution in [0.1, 0.15) is 35.8 Å². The molecule has 2 rings (SSSR count).